The number of carbonyl (C=O) groups excluding carboxylic acids is 1. The number of ether oxygens (including phenoxy) is 1. The van der Waals surface area contributed by atoms with Crippen molar-refractivity contribution in [2.75, 3.05) is 20.2 Å². The van der Waals surface area contributed by atoms with Crippen molar-refractivity contribution in [1.82, 2.24) is 10.2 Å². The Morgan fingerprint density at radius 2 is 1.91 bits per heavy atom. The van der Waals surface area contributed by atoms with E-state index in [-0.39, 0.29) is 6.03 Å². The maximum Gasteiger partial charge on any atom is 0.317 e. The molecule has 1 aliphatic rings. The smallest absolute Gasteiger partial charge is 0.317 e. The number of nitrogens with one attached hydrogen (secondary N) is 1. The molecule has 1 aromatic carbocycles. The Morgan fingerprint density at radius 1 is 1.23 bits per heavy atom. The number of nitrogens with zero attached hydrogens (tertiary/aromatic N) is 1. The summed E-state index contributed by atoms with van der Waals surface area (Å²) in [5.41, 5.74) is 1.23. The Bertz CT molecular complexity index is 453. The van der Waals surface area contributed by atoms with E-state index in [1.54, 1.807) is 0 Å². The minimum absolute atomic E-state index is 0.0437. The molecule has 0 bridgehead atoms. The highest BCUT2D eigenvalue weighted by atomic mass is 16.5. The lowest BCUT2D eigenvalue weighted by Crippen LogP contribution is -2.44. The SMILES string of the molecule is Cc1ccc(OCCCNC(=O)N(C)C2CCCCC2)cc1. The molecule has 122 valence electrons. The second-order valence-corrected chi connectivity index (χ2v) is 6.15. The van der Waals surface area contributed by atoms with E-state index < -0.39 is 0 Å². The molecule has 0 spiro atoms. The number of rotatable bonds is 6. The fraction of sp³-hybridized carbons (Fsp3) is 0.611. The summed E-state index contributed by atoms with van der Waals surface area (Å²) >= 11 is 0. The number of hydrogen-bond donors (Lipinski definition) is 1. The van der Waals surface area contributed by atoms with E-state index in [9.17, 15) is 4.79 Å². The van der Waals surface area contributed by atoms with Gasteiger partial charge in [-0.15, -0.1) is 0 Å². The summed E-state index contributed by atoms with van der Waals surface area (Å²) in [6.07, 6.45) is 6.89. The molecule has 0 atom stereocenters. The van der Waals surface area contributed by atoms with Crippen molar-refractivity contribution in [2.45, 2.75) is 51.5 Å². The van der Waals surface area contributed by atoms with Gasteiger partial charge >= 0.3 is 6.03 Å². The van der Waals surface area contributed by atoms with Crippen molar-refractivity contribution >= 4 is 6.03 Å². The van der Waals surface area contributed by atoms with Gasteiger partial charge in [0, 0.05) is 19.6 Å². The summed E-state index contributed by atoms with van der Waals surface area (Å²) in [6.45, 7) is 3.33. The second kappa shape index (κ2) is 8.66. The lowest BCUT2D eigenvalue weighted by atomic mass is 9.95. The topological polar surface area (TPSA) is 41.6 Å². The largest absolute Gasteiger partial charge is 0.494 e. The van der Waals surface area contributed by atoms with Crippen LogP contribution >= 0.6 is 0 Å². The Balaban J connectivity index is 1.59. The van der Waals surface area contributed by atoms with Crippen molar-refractivity contribution in [3.8, 4) is 5.75 Å². The molecule has 1 saturated carbocycles. The van der Waals surface area contributed by atoms with Crippen molar-refractivity contribution in [3.05, 3.63) is 29.8 Å². The van der Waals surface area contributed by atoms with Crippen LogP contribution in [0.3, 0.4) is 0 Å². The molecule has 22 heavy (non-hydrogen) atoms. The van der Waals surface area contributed by atoms with E-state index in [1.165, 1.54) is 24.8 Å². The van der Waals surface area contributed by atoms with Gasteiger partial charge in [0.15, 0.2) is 0 Å². The van der Waals surface area contributed by atoms with Crippen molar-refractivity contribution < 1.29 is 9.53 Å². The summed E-state index contributed by atoms with van der Waals surface area (Å²) in [4.78, 5) is 14.0. The summed E-state index contributed by atoms with van der Waals surface area (Å²) in [7, 11) is 1.91. The average molecular weight is 304 g/mol. The van der Waals surface area contributed by atoms with Gasteiger partial charge in [-0.1, -0.05) is 37.0 Å². The molecule has 1 aliphatic carbocycles. The monoisotopic (exact) mass is 304 g/mol. The summed E-state index contributed by atoms with van der Waals surface area (Å²) < 4.78 is 5.65. The third-order valence-electron chi connectivity index (χ3n) is 4.33. The fourth-order valence-electron chi connectivity index (χ4n) is 2.85. The first-order chi connectivity index (χ1) is 10.7. The normalized spacial score (nSPS) is 15.4. The van der Waals surface area contributed by atoms with Crippen LogP contribution in [0.1, 0.15) is 44.1 Å². The number of amides is 2. The Labute approximate surface area is 133 Å². The molecule has 2 rings (SSSR count). The fourth-order valence-corrected chi connectivity index (χ4v) is 2.85. The first kappa shape index (κ1) is 16.7. The lowest BCUT2D eigenvalue weighted by Gasteiger charge is -2.31. The van der Waals surface area contributed by atoms with E-state index in [0.29, 0.717) is 19.2 Å². The minimum Gasteiger partial charge on any atom is -0.494 e. The summed E-state index contributed by atoms with van der Waals surface area (Å²) in [5, 5.41) is 2.98. The Kier molecular flexibility index (Phi) is 6.56. The maximum absolute atomic E-state index is 12.1. The molecule has 0 aliphatic heterocycles. The number of urea groups is 1. The number of carbonyl (C=O) groups is 1. The molecule has 4 nitrogen and oxygen atoms in total. The van der Waals surface area contributed by atoms with Gasteiger partial charge in [-0.2, -0.15) is 0 Å². The predicted molar refractivity (Wildman–Crippen MR) is 89.3 cm³/mol. The van der Waals surface area contributed by atoms with Crippen LogP contribution in [-0.2, 0) is 0 Å². The van der Waals surface area contributed by atoms with E-state index in [2.05, 4.69) is 12.2 Å². The van der Waals surface area contributed by atoms with Crippen LogP contribution in [0, 0.1) is 6.92 Å². The molecule has 0 unspecified atom stereocenters. The van der Waals surface area contributed by atoms with Crippen LogP contribution in [0.5, 0.6) is 5.75 Å². The summed E-state index contributed by atoms with van der Waals surface area (Å²) in [5.74, 6) is 0.885. The minimum atomic E-state index is 0.0437. The van der Waals surface area contributed by atoms with Crippen LogP contribution < -0.4 is 10.1 Å². The molecular formula is C18H28N2O2. The van der Waals surface area contributed by atoms with Crippen LogP contribution in [0.25, 0.3) is 0 Å². The van der Waals surface area contributed by atoms with Gasteiger partial charge in [0.25, 0.3) is 0 Å². The highest BCUT2D eigenvalue weighted by Gasteiger charge is 2.21. The van der Waals surface area contributed by atoms with Crippen molar-refractivity contribution in [2.24, 2.45) is 0 Å². The predicted octanol–water partition coefficient (Wildman–Crippen LogP) is 3.74. The molecule has 1 aromatic rings. The zero-order valence-electron chi connectivity index (χ0n) is 13.8. The molecule has 0 radical (unpaired) electrons. The van der Waals surface area contributed by atoms with Crippen molar-refractivity contribution in [3.63, 3.8) is 0 Å². The Morgan fingerprint density at radius 3 is 2.59 bits per heavy atom. The highest BCUT2D eigenvalue weighted by Crippen LogP contribution is 2.21. The zero-order chi connectivity index (χ0) is 15.8. The standard InChI is InChI=1S/C18H28N2O2/c1-15-9-11-17(12-10-15)22-14-6-13-19-18(21)20(2)16-7-4-3-5-8-16/h9-12,16H,3-8,13-14H2,1-2H3,(H,19,21). The third-order valence-corrected chi connectivity index (χ3v) is 4.33. The van der Waals surface area contributed by atoms with Crippen molar-refractivity contribution in [1.29, 1.82) is 0 Å². The molecular weight excluding hydrogens is 276 g/mol. The third kappa shape index (κ3) is 5.24. The molecule has 0 saturated heterocycles. The van der Waals surface area contributed by atoms with Gasteiger partial charge in [0.05, 0.1) is 6.61 Å². The van der Waals surface area contributed by atoms with Gasteiger partial charge in [-0.05, 0) is 38.3 Å². The quantitative estimate of drug-likeness (QED) is 0.813. The molecule has 1 N–H and O–H groups in total. The van der Waals surface area contributed by atoms with Gasteiger partial charge in [0.1, 0.15) is 5.75 Å². The van der Waals surface area contributed by atoms with Gasteiger partial charge in [-0.25, -0.2) is 4.79 Å². The van der Waals surface area contributed by atoms with Crippen LogP contribution in [0.2, 0.25) is 0 Å². The Hall–Kier alpha value is -1.71. The molecule has 1 fully saturated rings. The van der Waals surface area contributed by atoms with Crippen LogP contribution in [0.4, 0.5) is 4.79 Å². The highest BCUT2D eigenvalue weighted by molar-refractivity contribution is 5.74. The maximum atomic E-state index is 12.1. The van der Waals surface area contributed by atoms with Gasteiger partial charge in [-0.3, -0.25) is 0 Å². The van der Waals surface area contributed by atoms with Gasteiger partial charge < -0.3 is 15.0 Å². The van der Waals surface area contributed by atoms with E-state index in [0.717, 1.165) is 25.0 Å². The first-order valence-electron chi connectivity index (χ1n) is 8.37. The van der Waals surface area contributed by atoms with E-state index >= 15 is 0 Å². The first-order valence-corrected chi connectivity index (χ1v) is 8.37. The zero-order valence-corrected chi connectivity index (χ0v) is 13.8. The molecule has 0 aromatic heterocycles. The van der Waals surface area contributed by atoms with Crippen LogP contribution in [0.15, 0.2) is 24.3 Å². The number of hydrogen-bond acceptors (Lipinski definition) is 2. The molecule has 4 heteroatoms. The number of benzene rings is 1. The van der Waals surface area contributed by atoms with E-state index in [1.807, 2.05) is 36.2 Å². The van der Waals surface area contributed by atoms with Gasteiger partial charge in [0.2, 0.25) is 0 Å². The molecule has 0 heterocycles. The van der Waals surface area contributed by atoms with E-state index in [4.69, 9.17) is 4.74 Å². The van der Waals surface area contributed by atoms with Crippen LogP contribution in [-0.4, -0.2) is 37.2 Å². The average Bonchev–Trinajstić information content (AvgIpc) is 2.56. The number of aryl methyl sites for hydroxylation is 1. The lowest BCUT2D eigenvalue weighted by molar-refractivity contribution is 0.173. The second-order valence-electron chi connectivity index (χ2n) is 6.15. The summed E-state index contributed by atoms with van der Waals surface area (Å²) in [6, 6.07) is 8.49. The molecule has 2 amide bonds.